The number of hydrogen-bond donors (Lipinski definition) is 1. The molecular formula is C26H25ClN4O2S. The zero-order valence-corrected chi connectivity index (χ0v) is 20.4. The number of benzene rings is 2. The highest BCUT2D eigenvalue weighted by Gasteiger charge is 2.33. The van der Waals surface area contributed by atoms with Gasteiger partial charge in [-0.3, -0.25) is 14.6 Å². The van der Waals surface area contributed by atoms with E-state index in [1.165, 1.54) is 11.3 Å². The van der Waals surface area contributed by atoms with Gasteiger partial charge in [0.1, 0.15) is 0 Å². The molecule has 1 atom stereocenters. The van der Waals surface area contributed by atoms with Gasteiger partial charge in [0.25, 0.3) is 11.8 Å². The first-order valence-electron chi connectivity index (χ1n) is 11.3. The Morgan fingerprint density at radius 2 is 1.91 bits per heavy atom. The van der Waals surface area contributed by atoms with Crippen molar-refractivity contribution in [2.75, 3.05) is 26.2 Å². The highest BCUT2D eigenvalue weighted by Crippen LogP contribution is 2.32. The molecule has 1 N–H and O–H groups in total. The minimum absolute atomic E-state index is 0.0171. The Morgan fingerprint density at radius 3 is 2.68 bits per heavy atom. The van der Waals surface area contributed by atoms with E-state index in [1.807, 2.05) is 60.5 Å². The zero-order chi connectivity index (χ0) is 23.7. The predicted octanol–water partition coefficient (Wildman–Crippen LogP) is 4.66. The van der Waals surface area contributed by atoms with E-state index < -0.39 is 0 Å². The number of aliphatic imine (C=N–C) groups is 1. The minimum Gasteiger partial charge on any atom is -0.342 e. The van der Waals surface area contributed by atoms with Crippen molar-refractivity contribution in [1.82, 2.24) is 15.1 Å². The van der Waals surface area contributed by atoms with Gasteiger partial charge in [0.15, 0.2) is 5.84 Å². The van der Waals surface area contributed by atoms with E-state index in [-0.39, 0.29) is 17.9 Å². The molecule has 1 unspecified atom stereocenters. The second-order valence-corrected chi connectivity index (χ2v) is 10.0. The quantitative estimate of drug-likeness (QED) is 0.578. The van der Waals surface area contributed by atoms with Crippen molar-refractivity contribution in [3.8, 4) is 0 Å². The number of rotatable bonds is 3. The maximum Gasteiger partial charge on any atom is 0.289 e. The number of halogens is 1. The van der Waals surface area contributed by atoms with Gasteiger partial charge in [-0.25, -0.2) is 0 Å². The number of amides is 2. The Hall–Kier alpha value is -3.16. The number of thiophene rings is 1. The van der Waals surface area contributed by atoms with Gasteiger partial charge in [0, 0.05) is 53.5 Å². The van der Waals surface area contributed by atoms with E-state index in [4.69, 9.17) is 11.6 Å². The molecule has 1 fully saturated rings. The van der Waals surface area contributed by atoms with Crippen molar-refractivity contribution >= 4 is 56.2 Å². The number of piperazine rings is 1. The van der Waals surface area contributed by atoms with Crippen LogP contribution in [0.3, 0.4) is 0 Å². The average molecular weight is 493 g/mol. The lowest BCUT2D eigenvalue weighted by molar-refractivity contribution is -0.128. The topological polar surface area (TPSA) is 65.0 Å². The van der Waals surface area contributed by atoms with E-state index in [0.717, 1.165) is 27.6 Å². The van der Waals surface area contributed by atoms with Crippen LogP contribution in [-0.4, -0.2) is 59.7 Å². The molecular weight excluding hydrogens is 468 g/mol. The lowest BCUT2D eigenvalue weighted by atomic mass is 10.0. The summed E-state index contributed by atoms with van der Waals surface area (Å²) < 4.78 is 0.998. The number of nitrogens with one attached hydrogen (secondary N) is 1. The smallest absolute Gasteiger partial charge is 0.289 e. The molecule has 6 nitrogen and oxygen atoms in total. The van der Waals surface area contributed by atoms with E-state index in [2.05, 4.69) is 22.4 Å². The van der Waals surface area contributed by atoms with Crippen LogP contribution >= 0.6 is 22.9 Å². The van der Waals surface area contributed by atoms with Crippen LogP contribution in [0.25, 0.3) is 15.7 Å². The summed E-state index contributed by atoms with van der Waals surface area (Å²) in [5.74, 6) is 0.215. The molecule has 0 radical (unpaired) electrons. The van der Waals surface area contributed by atoms with Crippen molar-refractivity contribution in [1.29, 1.82) is 0 Å². The van der Waals surface area contributed by atoms with Gasteiger partial charge in [-0.05, 0) is 42.7 Å². The van der Waals surface area contributed by atoms with Crippen LogP contribution in [0.4, 0.5) is 0 Å². The molecule has 2 aliphatic rings. The number of amidine groups is 1. The molecule has 34 heavy (non-hydrogen) atoms. The predicted molar refractivity (Wildman–Crippen MR) is 138 cm³/mol. The summed E-state index contributed by atoms with van der Waals surface area (Å²) in [6, 6.07) is 17.6. The molecule has 0 spiro atoms. The largest absolute Gasteiger partial charge is 0.342 e. The second-order valence-electron chi connectivity index (χ2n) is 8.52. The molecule has 0 aliphatic carbocycles. The van der Waals surface area contributed by atoms with Gasteiger partial charge in [-0.1, -0.05) is 48.0 Å². The molecule has 2 aliphatic heterocycles. The summed E-state index contributed by atoms with van der Waals surface area (Å²) in [5.41, 5.74) is 2.25. The van der Waals surface area contributed by atoms with Crippen LogP contribution in [0, 0.1) is 0 Å². The molecule has 1 saturated heterocycles. The molecule has 8 heteroatoms. The van der Waals surface area contributed by atoms with Gasteiger partial charge in [-0.15, -0.1) is 11.3 Å². The Bertz CT molecular complexity index is 1300. The first kappa shape index (κ1) is 22.6. The van der Waals surface area contributed by atoms with E-state index in [9.17, 15) is 9.59 Å². The van der Waals surface area contributed by atoms with Gasteiger partial charge in [-0.2, -0.15) is 0 Å². The monoisotopic (exact) mass is 492 g/mol. The molecule has 1 aromatic heterocycles. The van der Waals surface area contributed by atoms with Crippen LogP contribution in [0.1, 0.15) is 28.6 Å². The van der Waals surface area contributed by atoms with Gasteiger partial charge >= 0.3 is 0 Å². The Balaban J connectivity index is 1.25. The molecule has 0 bridgehead atoms. The maximum absolute atomic E-state index is 13.2. The molecule has 3 heterocycles. The lowest BCUT2D eigenvalue weighted by Crippen LogP contribution is -2.57. The lowest BCUT2D eigenvalue weighted by Gasteiger charge is -2.39. The first-order chi connectivity index (χ1) is 16.5. The van der Waals surface area contributed by atoms with Crippen LogP contribution < -0.4 is 5.32 Å². The third-order valence-corrected chi connectivity index (χ3v) is 7.69. The molecule has 2 amide bonds. The fraction of sp³-hybridized carbons (Fsp3) is 0.269. The third kappa shape index (κ3) is 4.45. The number of hydrogen-bond acceptors (Lipinski definition) is 5. The summed E-state index contributed by atoms with van der Waals surface area (Å²) in [6.07, 6.45) is 2.65. The molecule has 5 rings (SSSR count). The summed E-state index contributed by atoms with van der Waals surface area (Å²) in [6.45, 7) is 3.95. The summed E-state index contributed by atoms with van der Waals surface area (Å²) in [5, 5.41) is 4.69. The second kappa shape index (κ2) is 9.60. The SMILES string of the molecule is CC1CN(C(=O)c2cc3c(Cl)cccc3s2)CCN1C(=O)C1=NCCC(c2ccccc2)=CN1. The zero-order valence-electron chi connectivity index (χ0n) is 18.8. The average Bonchev–Trinajstić information content (AvgIpc) is 3.15. The Labute approximate surface area is 207 Å². The van der Waals surface area contributed by atoms with E-state index in [1.54, 1.807) is 4.90 Å². The fourth-order valence-electron chi connectivity index (χ4n) is 4.44. The molecule has 3 aromatic rings. The van der Waals surface area contributed by atoms with Crippen molar-refractivity contribution in [2.45, 2.75) is 19.4 Å². The van der Waals surface area contributed by atoms with Crippen LogP contribution in [0.5, 0.6) is 0 Å². The normalized spacial score (nSPS) is 18.7. The standard InChI is InChI=1S/C26H25ClN4O2S/c1-17-16-30(25(32)23-14-20-21(27)8-5-9-22(20)34-23)12-13-31(17)26(33)24-28-11-10-19(15-29-24)18-6-3-2-4-7-18/h2-9,14-15,17H,10-13,16H2,1H3,(H,28,29). The molecule has 0 saturated carbocycles. The van der Waals surface area contributed by atoms with E-state index in [0.29, 0.717) is 41.9 Å². The fourth-order valence-corrected chi connectivity index (χ4v) is 5.78. The van der Waals surface area contributed by atoms with E-state index >= 15 is 0 Å². The molecule has 174 valence electrons. The number of carbonyl (C=O) groups is 2. The van der Waals surface area contributed by atoms with Crippen molar-refractivity contribution in [2.24, 2.45) is 4.99 Å². The van der Waals surface area contributed by atoms with Crippen LogP contribution in [0.2, 0.25) is 5.02 Å². The highest BCUT2D eigenvalue weighted by molar-refractivity contribution is 7.20. The van der Waals surface area contributed by atoms with Gasteiger partial charge in [0.05, 0.1) is 4.88 Å². The number of fused-ring (bicyclic) bond motifs is 1. The van der Waals surface area contributed by atoms with Crippen LogP contribution in [0.15, 0.2) is 65.8 Å². The van der Waals surface area contributed by atoms with Gasteiger partial charge in [0.2, 0.25) is 0 Å². The summed E-state index contributed by atoms with van der Waals surface area (Å²) in [7, 11) is 0. The highest BCUT2D eigenvalue weighted by atomic mass is 35.5. The van der Waals surface area contributed by atoms with Crippen molar-refractivity contribution in [3.63, 3.8) is 0 Å². The third-order valence-electron chi connectivity index (χ3n) is 6.28. The first-order valence-corrected chi connectivity index (χ1v) is 12.5. The maximum atomic E-state index is 13.2. The van der Waals surface area contributed by atoms with Crippen molar-refractivity contribution in [3.05, 3.63) is 76.3 Å². The molecule has 2 aromatic carbocycles. The number of carbonyl (C=O) groups excluding carboxylic acids is 2. The number of nitrogens with zero attached hydrogens (tertiary/aromatic N) is 3. The minimum atomic E-state index is -0.126. The summed E-state index contributed by atoms with van der Waals surface area (Å²) >= 11 is 7.74. The van der Waals surface area contributed by atoms with Gasteiger partial charge < -0.3 is 15.1 Å². The summed E-state index contributed by atoms with van der Waals surface area (Å²) in [4.78, 5) is 35.2. The van der Waals surface area contributed by atoms with Crippen LogP contribution in [-0.2, 0) is 4.79 Å². The Morgan fingerprint density at radius 1 is 1.09 bits per heavy atom. The Kier molecular flexibility index (Phi) is 6.39. The van der Waals surface area contributed by atoms with Crippen molar-refractivity contribution < 1.29 is 9.59 Å².